The van der Waals surface area contributed by atoms with Crippen molar-refractivity contribution in [3.63, 3.8) is 0 Å². The highest BCUT2D eigenvalue weighted by atomic mass is 16.5. The van der Waals surface area contributed by atoms with Crippen LogP contribution in [-0.2, 0) is 11.3 Å². The van der Waals surface area contributed by atoms with E-state index in [1.165, 1.54) is 0 Å². The van der Waals surface area contributed by atoms with Gasteiger partial charge in [-0.05, 0) is 31.9 Å². The molecule has 2 aromatic heterocycles. The first-order chi connectivity index (χ1) is 13.2. The molecular formula is C19H25N5O3. The quantitative estimate of drug-likeness (QED) is 0.817. The van der Waals surface area contributed by atoms with Crippen LogP contribution in [0.4, 0.5) is 0 Å². The molecule has 1 unspecified atom stereocenters. The Hall–Kier alpha value is -2.48. The van der Waals surface area contributed by atoms with E-state index in [-0.39, 0.29) is 17.6 Å². The molecule has 2 aromatic rings. The average Bonchev–Trinajstić information content (AvgIpc) is 3.18. The zero-order chi connectivity index (χ0) is 18.7. The van der Waals surface area contributed by atoms with E-state index in [1.54, 1.807) is 35.4 Å². The lowest BCUT2D eigenvalue weighted by Crippen LogP contribution is -2.52. The van der Waals surface area contributed by atoms with Crippen molar-refractivity contribution in [2.75, 3.05) is 19.7 Å². The molecule has 1 amide bonds. The molecule has 1 spiro atoms. The summed E-state index contributed by atoms with van der Waals surface area (Å²) < 4.78 is 13.9. The highest BCUT2D eigenvalue weighted by Gasteiger charge is 2.42. The Labute approximate surface area is 158 Å². The molecule has 2 aliphatic heterocycles. The van der Waals surface area contributed by atoms with Crippen molar-refractivity contribution in [1.29, 1.82) is 0 Å². The van der Waals surface area contributed by atoms with Gasteiger partial charge in [-0.2, -0.15) is 5.10 Å². The summed E-state index contributed by atoms with van der Waals surface area (Å²) in [5.74, 6) is 0.0468. The summed E-state index contributed by atoms with van der Waals surface area (Å²) in [5, 5.41) is 4.20. The smallest absolute Gasteiger partial charge is 0.316 e. The number of rotatable bonds is 4. The van der Waals surface area contributed by atoms with Gasteiger partial charge in [-0.3, -0.25) is 9.48 Å². The number of aryl methyl sites for hydroxylation is 1. The van der Waals surface area contributed by atoms with Gasteiger partial charge >= 0.3 is 6.01 Å². The average molecular weight is 371 g/mol. The molecule has 2 saturated heterocycles. The van der Waals surface area contributed by atoms with Crippen LogP contribution in [0, 0.1) is 0 Å². The third-order valence-electron chi connectivity index (χ3n) is 5.46. The fraction of sp³-hybridized carbons (Fsp3) is 0.579. The molecule has 8 heteroatoms. The highest BCUT2D eigenvalue weighted by molar-refractivity contribution is 5.92. The summed E-state index contributed by atoms with van der Waals surface area (Å²) in [7, 11) is 0. The third kappa shape index (κ3) is 3.80. The SMILES string of the molecule is CCn1nccc1C(=O)N1CCC2(CC1)CC(Oc1ncccn1)CCO2. The molecule has 0 aromatic carbocycles. The largest absolute Gasteiger partial charge is 0.460 e. The fourth-order valence-corrected chi connectivity index (χ4v) is 3.97. The van der Waals surface area contributed by atoms with Gasteiger partial charge in [0.1, 0.15) is 11.8 Å². The minimum Gasteiger partial charge on any atom is -0.460 e. The number of hydrogen-bond donors (Lipinski definition) is 0. The first-order valence-electron chi connectivity index (χ1n) is 9.58. The molecular weight excluding hydrogens is 346 g/mol. The first-order valence-corrected chi connectivity index (χ1v) is 9.58. The van der Waals surface area contributed by atoms with Crippen molar-refractivity contribution in [2.24, 2.45) is 0 Å². The van der Waals surface area contributed by atoms with Crippen LogP contribution >= 0.6 is 0 Å². The lowest BCUT2D eigenvalue weighted by molar-refractivity contribution is -0.136. The van der Waals surface area contributed by atoms with Crippen LogP contribution in [0.15, 0.2) is 30.7 Å². The van der Waals surface area contributed by atoms with E-state index in [1.807, 2.05) is 11.8 Å². The number of ether oxygens (including phenoxy) is 2. The maximum absolute atomic E-state index is 12.8. The van der Waals surface area contributed by atoms with E-state index in [4.69, 9.17) is 9.47 Å². The molecule has 0 radical (unpaired) electrons. The Bertz CT molecular complexity index is 771. The third-order valence-corrected chi connectivity index (χ3v) is 5.46. The van der Waals surface area contributed by atoms with Gasteiger partial charge in [0.2, 0.25) is 0 Å². The highest BCUT2D eigenvalue weighted by Crippen LogP contribution is 2.36. The molecule has 144 valence electrons. The number of nitrogens with zero attached hydrogens (tertiary/aromatic N) is 5. The van der Waals surface area contributed by atoms with E-state index in [0.717, 1.165) is 25.7 Å². The van der Waals surface area contributed by atoms with E-state index in [9.17, 15) is 4.79 Å². The van der Waals surface area contributed by atoms with Crippen molar-refractivity contribution in [3.05, 3.63) is 36.4 Å². The van der Waals surface area contributed by atoms with Gasteiger partial charge in [-0.25, -0.2) is 9.97 Å². The van der Waals surface area contributed by atoms with E-state index >= 15 is 0 Å². The summed E-state index contributed by atoms with van der Waals surface area (Å²) in [6.45, 7) is 4.70. The number of hydrogen-bond acceptors (Lipinski definition) is 6. The molecule has 8 nitrogen and oxygen atoms in total. The Morgan fingerprint density at radius 2 is 2.07 bits per heavy atom. The van der Waals surface area contributed by atoms with E-state index in [2.05, 4.69) is 15.1 Å². The van der Waals surface area contributed by atoms with Crippen molar-refractivity contribution in [1.82, 2.24) is 24.6 Å². The Balaban J connectivity index is 1.37. The summed E-state index contributed by atoms with van der Waals surface area (Å²) in [6.07, 6.45) is 8.36. The van der Waals surface area contributed by atoms with Crippen LogP contribution in [0.1, 0.15) is 43.1 Å². The van der Waals surface area contributed by atoms with Gasteiger partial charge < -0.3 is 14.4 Å². The number of likely N-dealkylation sites (tertiary alicyclic amines) is 1. The molecule has 2 fully saturated rings. The maximum atomic E-state index is 12.8. The number of carbonyl (C=O) groups excluding carboxylic acids is 1. The van der Waals surface area contributed by atoms with Gasteiger partial charge in [-0.1, -0.05) is 0 Å². The zero-order valence-corrected chi connectivity index (χ0v) is 15.6. The minimum atomic E-state index is -0.223. The minimum absolute atomic E-state index is 0.0462. The summed E-state index contributed by atoms with van der Waals surface area (Å²) in [5.41, 5.74) is 0.430. The van der Waals surface area contributed by atoms with Crippen LogP contribution in [0.25, 0.3) is 0 Å². The number of aromatic nitrogens is 4. The number of piperidine rings is 1. The van der Waals surface area contributed by atoms with Gasteiger partial charge in [0.05, 0.1) is 12.2 Å². The monoisotopic (exact) mass is 371 g/mol. The van der Waals surface area contributed by atoms with Gasteiger partial charge in [0.25, 0.3) is 5.91 Å². The molecule has 27 heavy (non-hydrogen) atoms. The van der Waals surface area contributed by atoms with Crippen LogP contribution < -0.4 is 4.74 Å². The summed E-state index contributed by atoms with van der Waals surface area (Å²) in [4.78, 5) is 23.0. The first kappa shape index (κ1) is 17.9. The lowest BCUT2D eigenvalue weighted by Gasteiger charge is -2.45. The molecule has 1 atom stereocenters. The molecule has 4 rings (SSSR count). The molecule has 4 heterocycles. The second kappa shape index (κ2) is 7.64. The second-order valence-electron chi connectivity index (χ2n) is 7.12. The van der Waals surface area contributed by atoms with Crippen molar-refractivity contribution < 1.29 is 14.3 Å². The van der Waals surface area contributed by atoms with Gasteiger partial charge in [0, 0.05) is 51.1 Å². The summed E-state index contributed by atoms with van der Waals surface area (Å²) in [6, 6.07) is 3.98. The predicted octanol–water partition coefficient (Wildman–Crippen LogP) is 1.93. The topological polar surface area (TPSA) is 82.4 Å². The van der Waals surface area contributed by atoms with Crippen molar-refractivity contribution in [3.8, 4) is 6.01 Å². The second-order valence-corrected chi connectivity index (χ2v) is 7.12. The molecule has 0 saturated carbocycles. The van der Waals surface area contributed by atoms with Crippen molar-refractivity contribution in [2.45, 2.75) is 50.9 Å². The molecule has 2 aliphatic rings. The predicted molar refractivity (Wildman–Crippen MR) is 97.4 cm³/mol. The normalized spacial score (nSPS) is 22.0. The standard InChI is InChI=1S/C19H25N5O3/c1-2-24-16(4-10-22-24)17(25)23-11-6-19(7-12-23)14-15(5-13-26-19)27-18-20-8-3-9-21-18/h3-4,8-10,15H,2,5-7,11-14H2,1H3. The molecule has 0 N–H and O–H groups in total. The molecule has 0 bridgehead atoms. The van der Waals surface area contributed by atoms with E-state index in [0.29, 0.717) is 37.9 Å². The van der Waals surface area contributed by atoms with Crippen LogP contribution in [0.5, 0.6) is 6.01 Å². The van der Waals surface area contributed by atoms with Crippen LogP contribution in [0.3, 0.4) is 0 Å². The Morgan fingerprint density at radius 1 is 1.30 bits per heavy atom. The zero-order valence-electron chi connectivity index (χ0n) is 15.6. The Morgan fingerprint density at radius 3 is 2.81 bits per heavy atom. The number of carbonyl (C=O) groups is 1. The number of amides is 1. The van der Waals surface area contributed by atoms with Crippen LogP contribution in [-0.4, -0.2) is 62.0 Å². The lowest BCUT2D eigenvalue weighted by atomic mass is 9.83. The van der Waals surface area contributed by atoms with Gasteiger partial charge in [-0.15, -0.1) is 0 Å². The van der Waals surface area contributed by atoms with Crippen LogP contribution in [0.2, 0.25) is 0 Å². The van der Waals surface area contributed by atoms with E-state index < -0.39 is 0 Å². The van der Waals surface area contributed by atoms with Gasteiger partial charge in [0.15, 0.2) is 0 Å². The summed E-state index contributed by atoms with van der Waals surface area (Å²) >= 11 is 0. The maximum Gasteiger partial charge on any atom is 0.316 e. The van der Waals surface area contributed by atoms with Crippen molar-refractivity contribution >= 4 is 5.91 Å². The molecule has 0 aliphatic carbocycles. The fourth-order valence-electron chi connectivity index (χ4n) is 3.97. The Kier molecular flexibility index (Phi) is 5.07.